The Hall–Kier alpha value is -2.63. The molecule has 1 aliphatic rings. The highest BCUT2D eigenvalue weighted by Gasteiger charge is 2.44. The fourth-order valence-corrected chi connectivity index (χ4v) is 9.45. The van der Waals surface area contributed by atoms with E-state index in [-0.39, 0.29) is 18.9 Å². The van der Waals surface area contributed by atoms with Gasteiger partial charge in [-0.3, -0.25) is 4.79 Å². The average Bonchev–Trinajstić information content (AvgIpc) is 3.40. The zero-order valence-electron chi connectivity index (χ0n) is 47.6. The maximum Gasteiger partial charge on any atom is 0.220 e. The van der Waals surface area contributed by atoms with Gasteiger partial charge in [-0.2, -0.15) is 0 Å². The molecule has 1 saturated heterocycles. The number of nitrogens with one attached hydrogen (secondary N) is 1. The topological polar surface area (TPSA) is 149 Å². The lowest BCUT2D eigenvalue weighted by molar-refractivity contribution is -0.302. The highest BCUT2D eigenvalue weighted by atomic mass is 16.7. The maximum absolute atomic E-state index is 13.1. The van der Waals surface area contributed by atoms with E-state index >= 15 is 0 Å². The predicted molar refractivity (Wildman–Crippen MR) is 313 cm³/mol. The fourth-order valence-electron chi connectivity index (χ4n) is 9.45. The summed E-state index contributed by atoms with van der Waals surface area (Å²) >= 11 is 0. The van der Waals surface area contributed by atoms with Gasteiger partial charge in [-0.05, 0) is 64.2 Å². The van der Waals surface area contributed by atoms with Gasteiger partial charge in [0, 0.05) is 6.42 Å². The van der Waals surface area contributed by atoms with E-state index < -0.39 is 49.5 Å². The van der Waals surface area contributed by atoms with Gasteiger partial charge in [0.1, 0.15) is 24.4 Å². The molecule has 6 N–H and O–H groups in total. The molecule has 1 aliphatic heterocycles. The number of unbranched alkanes of at least 4 members (excludes halogenated alkanes) is 28. The molecule has 1 heterocycles. The molecular formula is C65H115NO8. The first-order chi connectivity index (χ1) is 36.3. The van der Waals surface area contributed by atoms with Crippen molar-refractivity contribution in [3.63, 3.8) is 0 Å². The molecule has 428 valence electrons. The Balaban J connectivity index is 2.22. The molecule has 0 spiro atoms. The van der Waals surface area contributed by atoms with Gasteiger partial charge in [0.25, 0.3) is 0 Å². The number of ether oxygens (including phenoxy) is 2. The molecule has 0 aromatic heterocycles. The minimum Gasteiger partial charge on any atom is -0.394 e. The minimum absolute atomic E-state index is 0.166. The van der Waals surface area contributed by atoms with Crippen LogP contribution in [0.3, 0.4) is 0 Å². The van der Waals surface area contributed by atoms with Gasteiger partial charge in [0.15, 0.2) is 6.29 Å². The molecule has 0 bridgehead atoms. The highest BCUT2D eigenvalue weighted by molar-refractivity contribution is 5.76. The Kier molecular flexibility index (Phi) is 50.4. The zero-order chi connectivity index (χ0) is 53.6. The van der Waals surface area contributed by atoms with Crippen molar-refractivity contribution in [3.05, 3.63) is 85.1 Å². The molecule has 1 amide bonds. The number of carbonyl (C=O) groups is 1. The van der Waals surface area contributed by atoms with Crippen LogP contribution in [0, 0.1) is 0 Å². The number of rotatable bonds is 52. The van der Waals surface area contributed by atoms with Gasteiger partial charge in [-0.15, -0.1) is 0 Å². The third kappa shape index (κ3) is 42.5. The van der Waals surface area contributed by atoms with Gasteiger partial charge in [0.2, 0.25) is 5.91 Å². The average molecular weight is 1040 g/mol. The number of amides is 1. The lowest BCUT2D eigenvalue weighted by atomic mass is 9.99. The van der Waals surface area contributed by atoms with E-state index in [9.17, 15) is 30.3 Å². The third-order valence-corrected chi connectivity index (χ3v) is 14.3. The van der Waals surface area contributed by atoms with Crippen LogP contribution in [0.1, 0.15) is 264 Å². The monoisotopic (exact) mass is 1040 g/mol. The zero-order valence-corrected chi connectivity index (χ0v) is 47.6. The molecule has 1 fully saturated rings. The molecule has 74 heavy (non-hydrogen) atoms. The van der Waals surface area contributed by atoms with Crippen LogP contribution in [0.15, 0.2) is 85.1 Å². The predicted octanol–water partition coefficient (Wildman–Crippen LogP) is 15.8. The quantitative estimate of drug-likeness (QED) is 0.0261. The van der Waals surface area contributed by atoms with Crippen LogP contribution in [0.4, 0.5) is 0 Å². The minimum atomic E-state index is -1.57. The summed E-state index contributed by atoms with van der Waals surface area (Å²) in [5.74, 6) is -0.202. The van der Waals surface area contributed by atoms with E-state index in [4.69, 9.17) is 9.47 Å². The first kappa shape index (κ1) is 69.4. The molecule has 0 radical (unpaired) electrons. The molecule has 9 heteroatoms. The van der Waals surface area contributed by atoms with Crippen molar-refractivity contribution < 1.29 is 39.8 Å². The maximum atomic E-state index is 13.1. The van der Waals surface area contributed by atoms with Crippen molar-refractivity contribution in [2.24, 2.45) is 0 Å². The molecule has 9 nitrogen and oxygen atoms in total. The van der Waals surface area contributed by atoms with Crippen molar-refractivity contribution >= 4 is 5.91 Å². The first-order valence-electron chi connectivity index (χ1n) is 30.8. The molecule has 7 unspecified atom stereocenters. The summed E-state index contributed by atoms with van der Waals surface area (Å²) in [6, 6.07) is -0.757. The molecule has 0 aromatic carbocycles. The summed E-state index contributed by atoms with van der Waals surface area (Å²) < 4.78 is 11.3. The molecule has 1 rings (SSSR count). The normalized spacial score (nSPS) is 19.6. The van der Waals surface area contributed by atoms with E-state index in [0.29, 0.717) is 12.8 Å². The summed E-state index contributed by atoms with van der Waals surface area (Å²) in [6.45, 7) is 3.71. The van der Waals surface area contributed by atoms with Crippen molar-refractivity contribution in [3.8, 4) is 0 Å². The first-order valence-corrected chi connectivity index (χ1v) is 30.8. The van der Waals surface area contributed by atoms with E-state index in [1.807, 2.05) is 0 Å². The number of aliphatic hydroxyl groups excluding tert-OH is 5. The van der Waals surface area contributed by atoms with Crippen LogP contribution in [0.5, 0.6) is 0 Å². The van der Waals surface area contributed by atoms with Crippen molar-refractivity contribution in [1.29, 1.82) is 0 Å². The van der Waals surface area contributed by atoms with Gasteiger partial charge in [-0.1, -0.05) is 279 Å². The Morgan fingerprint density at radius 3 is 1.19 bits per heavy atom. The van der Waals surface area contributed by atoms with E-state index in [1.165, 1.54) is 161 Å². The van der Waals surface area contributed by atoms with Crippen LogP contribution >= 0.6 is 0 Å². The molecule has 0 aromatic rings. The Morgan fingerprint density at radius 1 is 0.473 bits per heavy atom. The van der Waals surface area contributed by atoms with Crippen molar-refractivity contribution in [2.75, 3.05) is 13.2 Å². The van der Waals surface area contributed by atoms with Crippen LogP contribution < -0.4 is 5.32 Å². The lowest BCUT2D eigenvalue weighted by Crippen LogP contribution is -2.60. The van der Waals surface area contributed by atoms with E-state index in [2.05, 4.69) is 104 Å². The van der Waals surface area contributed by atoms with Crippen molar-refractivity contribution in [1.82, 2.24) is 5.32 Å². The highest BCUT2D eigenvalue weighted by Crippen LogP contribution is 2.23. The fraction of sp³-hybridized carbons (Fsp3) is 0.769. The summed E-state index contributed by atoms with van der Waals surface area (Å²) in [5, 5.41) is 54.7. The van der Waals surface area contributed by atoms with Gasteiger partial charge < -0.3 is 40.3 Å². The lowest BCUT2D eigenvalue weighted by Gasteiger charge is -2.40. The van der Waals surface area contributed by atoms with E-state index in [1.54, 1.807) is 0 Å². The Bertz CT molecular complexity index is 1440. The van der Waals surface area contributed by atoms with Crippen LogP contribution in [0.25, 0.3) is 0 Å². The second kappa shape index (κ2) is 53.8. The van der Waals surface area contributed by atoms with Gasteiger partial charge >= 0.3 is 0 Å². The summed E-state index contributed by atoms with van der Waals surface area (Å²) in [4.78, 5) is 13.1. The van der Waals surface area contributed by atoms with Crippen LogP contribution in [-0.2, 0) is 14.3 Å². The number of aliphatic hydroxyl groups is 5. The standard InChI is InChI=1S/C65H115NO8/c1-3-5-7-9-11-13-15-17-19-21-23-25-27-28-29-30-31-33-34-36-38-40-42-44-46-48-50-52-54-59(68)58(57-73-65-64(72)63(71)62(70)60(56-67)74-65)66-61(69)55-53-51-49-47-45-43-41-39-37-35-32-26-24-22-20-18-16-14-12-10-8-6-4-2/h6,8,12,14,18,20,24,26,35,37,41,43,47,49,58-60,62-65,67-68,70-72H,3-5,7,9-11,13,15-17,19,21-23,25,27-34,36,38-40,42,44-46,48,50-57H2,1-2H3,(H,66,69)/b8-6-,14-12-,20-18-,26-24-,37-35-,43-41-,49-47-. The summed E-state index contributed by atoms with van der Waals surface area (Å²) in [5.41, 5.74) is 0. The molecule has 7 atom stereocenters. The largest absolute Gasteiger partial charge is 0.394 e. The summed E-state index contributed by atoms with van der Waals surface area (Å²) in [6.07, 6.45) is 69.1. The number of carbonyl (C=O) groups excluding carboxylic acids is 1. The van der Waals surface area contributed by atoms with Gasteiger partial charge in [-0.25, -0.2) is 0 Å². The third-order valence-electron chi connectivity index (χ3n) is 14.3. The van der Waals surface area contributed by atoms with E-state index in [0.717, 1.165) is 70.6 Å². The van der Waals surface area contributed by atoms with Crippen LogP contribution in [-0.4, -0.2) is 87.5 Å². The smallest absolute Gasteiger partial charge is 0.220 e. The number of hydrogen-bond acceptors (Lipinski definition) is 8. The second-order valence-corrected chi connectivity index (χ2v) is 21.1. The van der Waals surface area contributed by atoms with Crippen molar-refractivity contribution in [2.45, 2.75) is 307 Å². The number of hydrogen-bond donors (Lipinski definition) is 6. The number of allylic oxidation sites excluding steroid dienone is 14. The second-order valence-electron chi connectivity index (χ2n) is 21.1. The molecular weight excluding hydrogens is 923 g/mol. The molecule has 0 saturated carbocycles. The van der Waals surface area contributed by atoms with Gasteiger partial charge in [0.05, 0.1) is 25.4 Å². The Morgan fingerprint density at radius 2 is 0.824 bits per heavy atom. The summed E-state index contributed by atoms with van der Waals surface area (Å²) in [7, 11) is 0. The SMILES string of the molecule is CC/C=C\C/C=C\C/C=C\C/C=C\C/C=C\C/C=C\C/C=C\CCCC(=O)NC(COC1OC(CO)C(O)C(O)C1O)C(O)CCCCCCCCCCCCCCCCCCCCCCCCCCCCCC. The molecule has 0 aliphatic carbocycles. The Labute approximate surface area is 454 Å². The van der Waals surface area contributed by atoms with Crippen LogP contribution in [0.2, 0.25) is 0 Å².